The van der Waals surface area contributed by atoms with E-state index in [1.807, 2.05) is 0 Å². The monoisotopic (exact) mass is 625 g/mol. The Labute approximate surface area is 258 Å². The molecule has 2 aromatic carbocycles. The maximum absolute atomic E-state index is 13.5. The summed E-state index contributed by atoms with van der Waals surface area (Å²) in [6.07, 6.45) is -0.377. The molecule has 0 aromatic heterocycles. The predicted octanol–water partition coefficient (Wildman–Crippen LogP) is 0.132. The molecule has 1 aliphatic heterocycles. The highest BCUT2D eigenvalue weighted by atomic mass is 16.5. The summed E-state index contributed by atoms with van der Waals surface area (Å²) in [4.78, 5) is 81.3. The lowest BCUT2D eigenvalue weighted by atomic mass is 9.98. The number of carbonyl (C=O) groups excluding carboxylic acids is 5. The normalized spacial score (nSPS) is 14.6. The Hall–Kier alpha value is -5.67. The van der Waals surface area contributed by atoms with Crippen molar-refractivity contribution in [2.75, 3.05) is 20.8 Å². The number of guanidine groups is 1. The molecule has 1 fully saturated rings. The number of hydrazine groups is 1. The fourth-order valence-corrected chi connectivity index (χ4v) is 4.65. The smallest absolute Gasteiger partial charge is 0.344 e. The molecule has 16 nitrogen and oxygen atoms in total. The van der Waals surface area contributed by atoms with E-state index in [0.717, 1.165) is 12.5 Å². The van der Waals surface area contributed by atoms with E-state index in [0.29, 0.717) is 27.1 Å². The van der Waals surface area contributed by atoms with Crippen molar-refractivity contribution in [2.45, 2.75) is 44.7 Å². The first-order valence-electron chi connectivity index (χ1n) is 13.7. The Kier molecular flexibility index (Phi) is 11.4. The molecule has 16 heteroatoms. The molecule has 1 aliphatic rings. The van der Waals surface area contributed by atoms with Gasteiger partial charge in [-0.1, -0.05) is 18.2 Å². The van der Waals surface area contributed by atoms with E-state index in [1.54, 1.807) is 36.4 Å². The number of carboxylic acids is 1. The number of urea groups is 1. The molecule has 0 radical (unpaired) electrons. The lowest BCUT2D eigenvalue weighted by Crippen LogP contribution is -2.60. The van der Waals surface area contributed by atoms with Crippen LogP contribution in [-0.2, 0) is 25.6 Å². The first kappa shape index (κ1) is 33.8. The van der Waals surface area contributed by atoms with E-state index in [2.05, 4.69) is 15.6 Å². The van der Waals surface area contributed by atoms with Crippen molar-refractivity contribution in [3.8, 4) is 11.5 Å². The van der Waals surface area contributed by atoms with Crippen molar-refractivity contribution < 1.29 is 43.3 Å². The molecule has 6 amide bonds. The van der Waals surface area contributed by atoms with Gasteiger partial charge in [-0.15, -0.1) is 0 Å². The third-order valence-corrected chi connectivity index (χ3v) is 6.80. The number of benzene rings is 2. The molecule has 7 N–H and O–H groups in total. The van der Waals surface area contributed by atoms with Crippen molar-refractivity contribution in [2.24, 2.45) is 16.5 Å². The van der Waals surface area contributed by atoms with Gasteiger partial charge in [-0.05, 0) is 54.7 Å². The molecule has 0 unspecified atom stereocenters. The number of rotatable bonds is 14. The number of nitrogens with one attached hydrogen (secondary N) is 2. The van der Waals surface area contributed by atoms with Crippen LogP contribution < -0.4 is 31.6 Å². The number of methoxy groups -OCH3 is 2. The molecular formula is C29H35N7O9. The van der Waals surface area contributed by atoms with Crippen LogP contribution in [0.1, 0.15) is 47.7 Å². The Morgan fingerprint density at radius 1 is 1.07 bits per heavy atom. The Morgan fingerprint density at radius 2 is 1.71 bits per heavy atom. The van der Waals surface area contributed by atoms with Gasteiger partial charge in [0.2, 0.25) is 5.91 Å². The molecule has 0 bridgehead atoms. The molecule has 3 rings (SSSR count). The topological polar surface area (TPSA) is 236 Å². The van der Waals surface area contributed by atoms with Gasteiger partial charge in [0, 0.05) is 19.0 Å². The van der Waals surface area contributed by atoms with Gasteiger partial charge in [0.15, 0.2) is 5.96 Å². The van der Waals surface area contributed by atoms with Crippen LogP contribution in [0, 0.1) is 0 Å². The number of hydrogen-bond donors (Lipinski definition) is 5. The first-order chi connectivity index (χ1) is 21.4. The summed E-state index contributed by atoms with van der Waals surface area (Å²) in [6.45, 7) is 1.11. The average Bonchev–Trinajstić information content (AvgIpc) is 3.27. The minimum absolute atomic E-state index is 0.0396. The van der Waals surface area contributed by atoms with E-state index >= 15 is 0 Å². The summed E-state index contributed by atoms with van der Waals surface area (Å²) in [5, 5.41) is 14.9. The maximum Gasteiger partial charge on any atom is 0.344 e. The summed E-state index contributed by atoms with van der Waals surface area (Å²) in [7, 11) is 2.93. The number of amides is 6. The number of carbonyl (C=O) groups is 6. The summed E-state index contributed by atoms with van der Waals surface area (Å²) in [5.74, 6) is -4.78. The summed E-state index contributed by atoms with van der Waals surface area (Å²) < 4.78 is 10.4. The molecule has 2 aromatic rings. The zero-order valence-electron chi connectivity index (χ0n) is 24.9. The molecule has 0 spiro atoms. The van der Waals surface area contributed by atoms with Crippen LogP contribution in [0.5, 0.6) is 11.5 Å². The van der Waals surface area contributed by atoms with Gasteiger partial charge in [0.1, 0.15) is 23.6 Å². The van der Waals surface area contributed by atoms with Crippen molar-refractivity contribution in [3.05, 3.63) is 59.2 Å². The van der Waals surface area contributed by atoms with Crippen molar-refractivity contribution in [1.82, 2.24) is 20.7 Å². The molecular weight excluding hydrogens is 590 g/mol. The van der Waals surface area contributed by atoms with Crippen LogP contribution in [0.4, 0.5) is 4.79 Å². The first-order valence-corrected chi connectivity index (χ1v) is 13.7. The number of ether oxygens (including phenoxy) is 2. The molecule has 0 aliphatic carbocycles. The van der Waals surface area contributed by atoms with Gasteiger partial charge in [0.25, 0.3) is 17.7 Å². The summed E-state index contributed by atoms with van der Waals surface area (Å²) in [5.41, 5.74) is 11.9. The van der Waals surface area contributed by atoms with Gasteiger partial charge in [-0.3, -0.25) is 34.3 Å². The van der Waals surface area contributed by atoms with E-state index < -0.39 is 54.1 Å². The summed E-state index contributed by atoms with van der Waals surface area (Å²) in [6, 6.07) is 7.68. The van der Waals surface area contributed by atoms with Crippen LogP contribution in [0.25, 0.3) is 0 Å². The molecule has 1 heterocycles. The fraction of sp³-hybridized carbons (Fsp3) is 0.345. The van der Waals surface area contributed by atoms with Crippen LogP contribution in [-0.4, -0.2) is 89.6 Å². The van der Waals surface area contributed by atoms with Crippen LogP contribution in [0.2, 0.25) is 0 Å². The number of nitrogens with zero attached hydrogens (tertiary/aromatic N) is 3. The fourth-order valence-electron chi connectivity index (χ4n) is 4.65. The predicted molar refractivity (Wildman–Crippen MR) is 159 cm³/mol. The highest BCUT2D eigenvalue weighted by Gasteiger charge is 2.47. The quantitative estimate of drug-likeness (QED) is 0.0819. The lowest BCUT2D eigenvalue weighted by Gasteiger charge is -2.33. The second-order valence-corrected chi connectivity index (χ2v) is 9.94. The third-order valence-electron chi connectivity index (χ3n) is 6.80. The maximum atomic E-state index is 13.5. The number of imide groups is 2. The van der Waals surface area contributed by atoms with Crippen LogP contribution in [0.15, 0.2) is 47.5 Å². The van der Waals surface area contributed by atoms with E-state index in [4.69, 9.17) is 20.9 Å². The highest BCUT2D eigenvalue weighted by Crippen LogP contribution is 2.23. The second kappa shape index (κ2) is 15.2. The largest absolute Gasteiger partial charge is 0.497 e. The SMILES string of the molecule is COc1ccc(Cc2ccc(OC)cc2C(=O)NC(=O)[C@H](CC(=O)O)N(C(C)=O)N2C(=O)N[C@@H](CCCN=C(N)N)C2=O)cc1. The van der Waals surface area contributed by atoms with Crippen molar-refractivity contribution in [3.63, 3.8) is 0 Å². The minimum atomic E-state index is -1.95. The minimum Gasteiger partial charge on any atom is -0.497 e. The van der Waals surface area contributed by atoms with Crippen LogP contribution in [0.3, 0.4) is 0 Å². The van der Waals surface area contributed by atoms with Gasteiger partial charge >= 0.3 is 12.0 Å². The lowest BCUT2D eigenvalue weighted by molar-refractivity contribution is -0.164. The van der Waals surface area contributed by atoms with Gasteiger partial charge in [-0.2, -0.15) is 5.01 Å². The number of hydrogen-bond acceptors (Lipinski definition) is 9. The van der Waals surface area contributed by atoms with Crippen molar-refractivity contribution in [1.29, 1.82) is 0 Å². The van der Waals surface area contributed by atoms with E-state index in [9.17, 15) is 33.9 Å². The Morgan fingerprint density at radius 3 is 2.29 bits per heavy atom. The van der Waals surface area contributed by atoms with Gasteiger partial charge in [-0.25, -0.2) is 9.80 Å². The highest BCUT2D eigenvalue weighted by molar-refractivity contribution is 6.10. The molecule has 240 valence electrons. The second-order valence-electron chi connectivity index (χ2n) is 9.94. The number of aliphatic carboxylic acids is 1. The average molecular weight is 626 g/mol. The summed E-state index contributed by atoms with van der Waals surface area (Å²) >= 11 is 0. The zero-order valence-corrected chi connectivity index (χ0v) is 24.9. The zero-order chi connectivity index (χ0) is 33.3. The van der Waals surface area contributed by atoms with E-state index in [1.165, 1.54) is 20.3 Å². The standard InChI is InChI=1S/C29H35N7O9/c1-16(37)35(36-27(42)22(33-29(36)43)5-4-12-32-28(30)31)23(15-24(38)39)26(41)34-25(40)21-14-20(45-3)11-8-18(21)13-17-6-9-19(44-2)10-7-17/h6-11,14,22-23H,4-5,12-13,15H2,1-3H3,(H,33,43)(H,38,39)(H4,30,31,32)(H,34,40,41)/t22-,23-/m0/s1. The Balaban J connectivity index is 1.88. The van der Waals surface area contributed by atoms with Gasteiger partial charge in [0.05, 0.1) is 20.6 Å². The third kappa shape index (κ3) is 8.68. The number of nitrogens with two attached hydrogens (primary N) is 2. The molecule has 1 saturated heterocycles. The van der Waals surface area contributed by atoms with Gasteiger partial charge < -0.3 is 31.4 Å². The van der Waals surface area contributed by atoms with E-state index in [-0.39, 0.29) is 37.3 Å². The number of carboxylic acid groups (broad SMARTS) is 1. The van der Waals surface area contributed by atoms with Crippen LogP contribution >= 0.6 is 0 Å². The molecule has 2 atom stereocenters. The van der Waals surface area contributed by atoms with Crippen molar-refractivity contribution >= 4 is 41.6 Å². The number of aliphatic imine (C=N–C) groups is 1. The molecule has 45 heavy (non-hydrogen) atoms. The molecule has 0 saturated carbocycles. The Bertz CT molecular complexity index is 1490.